The van der Waals surface area contributed by atoms with Gasteiger partial charge in [0.2, 0.25) is 5.91 Å². The lowest BCUT2D eigenvalue weighted by Gasteiger charge is -2.31. The lowest BCUT2D eigenvalue weighted by molar-refractivity contribution is -0.125. The van der Waals surface area contributed by atoms with Gasteiger partial charge in [0.15, 0.2) is 5.82 Å². The summed E-state index contributed by atoms with van der Waals surface area (Å²) in [6.45, 7) is 4.30. The van der Waals surface area contributed by atoms with E-state index in [1.54, 1.807) is 0 Å². The Kier molecular flexibility index (Phi) is 5.05. The van der Waals surface area contributed by atoms with Gasteiger partial charge in [-0.2, -0.15) is 5.10 Å². The number of benzene rings is 1. The van der Waals surface area contributed by atoms with Gasteiger partial charge in [0.05, 0.1) is 5.69 Å². The number of aromatic nitrogens is 3. The fourth-order valence-corrected chi connectivity index (χ4v) is 3.73. The lowest BCUT2D eigenvalue weighted by Crippen LogP contribution is -2.41. The fourth-order valence-electron chi connectivity index (χ4n) is 3.73. The number of rotatable bonds is 5. The summed E-state index contributed by atoms with van der Waals surface area (Å²) in [6, 6.07) is 12.2. The Labute approximate surface area is 159 Å². The maximum atomic E-state index is 12.5. The van der Waals surface area contributed by atoms with E-state index in [9.17, 15) is 4.79 Å². The van der Waals surface area contributed by atoms with Gasteiger partial charge in [0.1, 0.15) is 0 Å². The Balaban J connectivity index is 1.25. The van der Waals surface area contributed by atoms with Gasteiger partial charge >= 0.3 is 0 Å². The molecule has 0 unspecified atom stereocenters. The number of amides is 1. The predicted octanol–water partition coefficient (Wildman–Crippen LogP) is 2.84. The second-order valence-corrected chi connectivity index (χ2v) is 7.19. The van der Waals surface area contributed by atoms with Gasteiger partial charge in [0.25, 0.3) is 0 Å². The molecule has 1 fully saturated rings. The third-order valence-corrected chi connectivity index (χ3v) is 5.34. The molecule has 1 saturated heterocycles. The molecule has 3 aromatic rings. The second kappa shape index (κ2) is 7.78. The van der Waals surface area contributed by atoms with Crippen LogP contribution in [0.2, 0.25) is 0 Å². The number of carbonyl (C=O) groups is 1. The van der Waals surface area contributed by atoms with Crippen molar-refractivity contribution in [1.82, 2.24) is 20.5 Å². The van der Waals surface area contributed by atoms with Crippen molar-refractivity contribution in [3.8, 4) is 0 Å². The van der Waals surface area contributed by atoms with E-state index in [0.29, 0.717) is 6.54 Å². The van der Waals surface area contributed by atoms with E-state index < -0.39 is 0 Å². The Hall–Kier alpha value is -2.89. The number of aromatic amines is 1. The quantitative estimate of drug-likeness (QED) is 0.731. The molecule has 0 bridgehead atoms. The van der Waals surface area contributed by atoms with Gasteiger partial charge in [-0.1, -0.05) is 18.2 Å². The van der Waals surface area contributed by atoms with Crippen LogP contribution in [0.1, 0.15) is 24.1 Å². The van der Waals surface area contributed by atoms with Gasteiger partial charge in [-0.3, -0.25) is 4.79 Å². The molecular formula is C21H25N5O. The van der Waals surface area contributed by atoms with Crippen molar-refractivity contribution in [2.75, 3.05) is 24.5 Å². The number of nitrogens with zero attached hydrogens (tertiary/aromatic N) is 3. The number of fused-ring (bicyclic) bond motifs is 1. The summed E-state index contributed by atoms with van der Waals surface area (Å²) in [4.78, 5) is 18.0. The first-order valence-electron chi connectivity index (χ1n) is 9.59. The molecule has 0 aliphatic carbocycles. The van der Waals surface area contributed by atoms with Crippen molar-refractivity contribution in [3.63, 3.8) is 0 Å². The molecule has 6 heteroatoms. The highest BCUT2D eigenvalue weighted by molar-refractivity contribution is 5.83. The minimum Gasteiger partial charge on any atom is -0.361 e. The number of hydrogen-bond acceptors (Lipinski definition) is 4. The summed E-state index contributed by atoms with van der Waals surface area (Å²) >= 11 is 0. The first-order valence-corrected chi connectivity index (χ1v) is 9.59. The van der Waals surface area contributed by atoms with E-state index in [2.05, 4.69) is 37.5 Å². The molecule has 1 aliphatic rings. The van der Waals surface area contributed by atoms with Crippen LogP contribution in [0.4, 0.5) is 5.82 Å². The highest BCUT2D eigenvalue weighted by atomic mass is 16.1. The smallest absolute Gasteiger partial charge is 0.223 e. The number of aryl methyl sites for hydroxylation is 1. The Morgan fingerprint density at radius 2 is 2.00 bits per heavy atom. The van der Waals surface area contributed by atoms with Gasteiger partial charge < -0.3 is 15.2 Å². The number of carbonyl (C=O) groups excluding carboxylic acids is 1. The van der Waals surface area contributed by atoms with Crippen LogP contribution >= 0.6 is 0 Å². The zero-order chi connectivity index (χ0) is 18.6. The van der Waals surface area contributed by atoms with E-state index in [1.807, 2.05) is 37.4 Å². The number of nitrogens with one attached hydrogen (secondary N) is 2. The summed E-state index contributed by atoms with van der Waals surface area (Å²) in [5, 5.41) is 12.7. The van der Waals surface area contributed by atoms with Crippen LogP contribution in [0.25, 0.3) is 10.9 Å². The predicted molar refractivity (Wildman–Crippen MR) is 107 cm³/mol. The SMILES string of the molecule is Cc1ccc(N2CCC(C(=O)NCCc3c[nH]c4ccccc34)CC2)nn1. The topological polar surface area (TPSA) is 73.9 Å². The molecule has 6 nitrogen and oxygen atoms in total. The number of para-hydroxylation sites is 1. The zero-order valence-corrected chi connectivity index (χ0v) is 15.6. The van der Waals surface area contributed by atoms with E-state index in [4.69, 9.17) is 0 Å². The highest BCUT2D eigenvalue weighted by Crippen LogP contribution is 2.22. The summed E-state index contributed by atoms with van der Waals surface area (Å²) in [5.74, 6) is 1.16. The molecule has 1 aliphatic heterocycles. The lowest BCUT2D eigenvalue weighted by atomic mass is 9.96. The first kappa shape index (κ1) is 17.5. The zero-order valence-electron chi connectivity index (χ0n) is 15.6. The monoisotopic (exact) mass is 363 g/mol. The van der Waals surface area contributed by atoms with Gasteiger partial charge in [-0.05, 0) is 49.9 Å². The minimum absolute atomic E-state index is 0.0858. The Bertz CT molecular complexity index is 910. The van der Waals surface area contributed by atoms with Gasteiger partial charge in [-0.15, -0.1) is 5.10 Å². The van der Waals surface area contributed by atoms with E-state index in [1.165, 1.54) is 10.9 Å². The van der Waals surface area contributed by atoms with Crippen molar-refractivity contribution >= 4 is 22.6 Å². The van der Waals surface area contributed by atoms with Crippen LogP contribution in [-0.4, -0.2) is 40.7 Å². The van der Waals surface area contributed by atoms with Crippen molar-refractivity contribution in [1.29, 1.82) is 0 Å². The average molecular weight is 363 g/mol. The van der Waals surface area contributed by atoms with Gasteiger partial charge in [0, 0.05) is 42.7 Å². The summed E-state index contributed by atoms with van der Waals surface area (Å²) in [6.07, 6.45) is 4.59. The molecule has 0 atom stereocenters. The molecule has 2 aromatic heterocycles. The minimum atomic E-state index is 0.0858. The van der Waals surface area contributed by atoms with E-state index in [-0.39, 0.29) is 11.8 Å². The van der Waals surface area contributed by atoms with Crippen LogP contribution in [0.15, 0.2) is 42.6 Å². The molecule has 1 aromatic carbocycles. The van der Waals surface area contributed by atoms with E-state index in [0.717, 1.165) is 49.4 Å². The summed E-state index contributed by atoms with van der Waals surface area (Å²) in [7, 11) is 0. The third kappa shape index (κ3) is 3.94. The maximum absolute atomic E-state index is 12.5. The average Bonchev–Trinajstić information content (AvgIpc) is 3.12. The molecule has 2 N–H and O–H groups in total. The standard InChI is InChI=1S/C21H25N5O/c1-15-6-7-20(25-24-15)26-12-9-16(10-13-26)21(27)22-11-8-17-14-23-19-5-3-2-4-18(17)19/h2-7,14,16,23H,8-13H2,1H3,(H,22,27). The Morgan fingerprint density at radius 3 is 2.78 bits per heavy atom. The number of H-pyrrole nitrogens is 1. The fraction of sp³-hybridized carbons (Fsp3) is 0.381. The summed E-state index contributed by atoms with van der Waals surface area (Å²) < 4.78 is 0. The Morgan fingerprint density at radius 1 is 1.19 bits per heavy atom. The molecule has 27 heavy (non-hydrogen) atoms. The van der Waals surface area contributed by atoms with Crippen molar-refractivity contribution < 1.29 is 4.79 Å². The van der Waals surface area contributed by atoms with Crippen molar-refractivity contribution in [2.45, 2.75) is 26.2 Å². The number of anilines is 1. The third-order valence-electron chi connectivity index (χ3n) is 5.34. The molecule has 0 radical (unpaired) electrons. The molecular weight excluding hydrogens is 338 g/mol. The van der Waals surface area contributed by atoms with Gasteiger partial charge in [-0.25, -0.2) is 0 Å². The molecule has 0 spiro atoms. The number of hydrogen-bond donors (Lipinski definition) is 2. The molecule has 1 amide bonds. The van der Waals surface area contributed by atoms with Crippen LogP contribution in [0.3, 0.4) is 0 Å². The molecule has 4 rings (SSSR count). The second-order valence-electron chi connectivity index (χ2n) is 7.19. The number of piperidine rings is 1. The van der Waals surface area contributed by atoms with Crippen molar-refractivity contribution in [2.24, 2.45) is 5.92 Å². The molecule has 0 saturated carbocycles. The van der Waals surface area contributed by atoms with Crippen LogP contribution < -0.4 is 10.2 Å². The first-order chi connectivity index (χ1) is 13.2. The molecule has 3 heterocycles. The van der Waals surface area contributed by atoms with Crippen LogP contribution in [0.5, 0.6) is 0 Å². The molecule has 140 valence electrons. The largest absolute Gasteiger partial charge is 0.361 e. The highest BCUT2D eigenvalue weighted by Gasteiger charge is 2.25. The van der Waals surface area contributed by atoms with Crippen LogP contribution in [0, 0.1) is 12.8 Å². The summed E-state index contributed by atoms with van der Waals surface area (Å²) in [5.41, 5.74) is 3.31. The maximum Gasteiger partial charge on any atom is 0.223 e. The van der Waals surface area contributed by atoms with Crippen LogP contribution in [-0.2, 0) is 11.2 Å². The normalized spacial score (nSPS) is 15.2. The van der Waals surface area contributed by atoms with E-state index >= 15 is 0 Å². The van der Waals surface area contributed by atoms with Crippen molar-refractivity contribution in [3.05, 3.63) is 53.9 Å².